The van der Waals surface area contributed by atoms with Gasteiger partial charge in [-0.1, -0.05) is 12.1 Å². The van der Waals surface area contributed by atoms with Crippen LogP contribution in [-0.2, 0) is 13.3 Å². The van der Waals surface area contributed by atoms with Crippen molar-refractivity contribution in [1.82, 2.24) is 0 Å². The summed E-state index contributed by atoms with van der Waals surface area (Å²) in [6, 6.07) is 3.39. The molecule has 0 aliphatic rings. The van der Waals surface area contributed by atoms with Gasteiger partial charge < -0.3 is 0 Å². The third-order valence-electron chi connectivity index (χ3n) is 2.04. The molecular formula is C10H12F2. The highest BCUT2D eigenvalue weighted by Crippen LogP contribution is 2.18. The molecule has 0 amide bonds. The Morgan fingerprint density at radius 3 is 1.83 bits per heavy atom. The van der Waals surface area contributed by atoms with Crippen LogP contribution >= 0.6 is 0 Å². The standard InChI is InChI=1S/C10H12F2/c1-7-3-9(5-11)4-8(2)10(7)6-12/h3-4H,5-6H2,1-2H3. The minimum atomic E-state index is -0.478. The van der Waals surface area contributed by atoms with Crippen molar-refractivity contribution in [2.75, 3.05) is 0 Å². The van der Waals surface area contributed by atoms with Gasteiger partial charge in [-0.25, -0.2) is 8.78 Å². The minimum absolute atomic E-state index is 0.468. The van der Waals surface area contributed by atoms with Crippen molar-refractivity contribution in [3.8, 4) is 0 Å². The highest BCUT2D eigenvalue weighted by molar-refractivity contribution is 5.37. The van der Waals surface area contributed by atoms with Gasteiger partial charge in [-0.3, -0.25) is 0 Å². The largest absolute Gasteiger partial charge is 0.246 e. The van der Waals surface area contributed by atoms with Crippen molar-refractivity contribution in [2.24, 2.45) is 0 Å². The monoisotopic (exact) mass is 170 g/mol. The summed E-state index contributed by atoms with van der Waals surface area (Å²) in [7, 11) is 0. The number of aryl methyl sites for hydroxylation is 2. The molecule has 0 bridgehead atoms. The van der Waals surface area contributed by atoms with Crippen molar-refractivity contribution < 1.29 is 8.78 Å². The Kier molecular flexibility index (Phi) is 2.79. The van der Waals surface area contributed by atoms with Gasteiger partial charge in [-0.2, -0.15) is 0 Å². The van der Waals surface area contributed by atoms with Crippen molar-refractivity contribution >= 4 is 0 Å². The lowest BCUT2D eigenvalue weighted by Gasteiger charge is -2.07. The molecule has 0 spiro atoms. The van der Waals surface area contributed by atoms with E-state index in [-0.39, 0.29) is 0 Å². The first-order valence-corrected chi connectivity index (χ1v) is 3.90. The fraction of sp³-hybridized carbons (Fsp3) is 0.400. The molecule has 0 aliphatic heterocycles. The first-order valence-electron chi connectivity index (χ1n) is 3.90. The molecule has 1 aromatic carbocycles. The van der Waals surface area contributed by atoms with Gasteiger partial charge in [0.05, 0.1) is 0 Å². The lowest BCUT2D eigenvalue weighted by Crippen LogP contribution is -1.93. The SMILES string of the molecule is Cc1cc(CF)cc(C)c1CF. The van der Waals surface area contributed by atoms with Crippen LogP contribution in [0.4, 0.5) is 8.78 Å². The maximum atomic E-state index is 12.4. The highest BCUT2D eigenvalue weighted by Gasteiger charge is 2.03. The topological polar surface area (TPSA) is 0 Å². The quantitative estimate of drug-likeness (QED) is 0.639. The Labute approximate surface area is 71.2 Å². The van der Waals surface area contributed by atoms with Crippen LogP contribution in [0.15, 0.2) is 12.1 Å². The summed E-state index contributed by atoms with van der Waals surface area (Å²) < 4.78 is 24.6. The second-order valence-electron chi connectivity index (χ2n) is 2.98. The van der Waals surface area contributed by atoms with Crippen LogP contribution in [0, 0.1) is 13.8 Å². The number of rotatable bonds is 2. The molecule has 2 heteroatoms. The summed E-state index contributed by atoms with van der Waals surface area (Å²) in [6.45, 7) is 2.67. The van der Waals surface area contributed by atoms with E-state index in [4.69, 9.17) is 0 Å². The Morgan fingerprint density at radius 1 is 1.00 bits per heavy atom. The van der Waals surface area contributed by atoms with E-state index in [1.165, 1.54) is 0 Å². The summed E-state index contributed by atoms with van der Waals surface area (Å²) in [5.41, 5.74) is 2.99. The van der Waals surface area contributed by atoms with Crippen LogP contribution in [0.25, 0.3) is 0 Å². The summed E-state index contributed by atoms with van der Waals surface area (Å²) >= 11 is 0. The van der Waals surface area contributed by atoms with Gasteiger partial charge in [-0.15, -0.1) is 0 Å². The fourth-order valence-electron chi connectivity index (χ4n) is 1.37. The van der Waals surface area contributed by atoms with E-state index in [1.54, 1.807) is 26.0 Å². The maximum Gasteiger partial charge on any atom is 0.115 e. The van der Waals surface area contributed by atoms with Gasteiger partial charge in [-0.05, 0) is 36.1 Å². The molecule has 0 saturated heterocycles. The molecule has 0 fully saturated rings. The van der Waals surface area contributed by atoms with Gasteiger partial charge in [0, 0.05) is 0 Å². The van der Waals surface area contributed by atoms with Crippen molar-refractivity contribution in [3.05, 3.63) is 34.4 Å². The van der Waals surface area contributed by atoms with Gasteiger partial charge in [0.15, 0.2) is 0 Å². The van der Waals surface area contributed by atoms with Crippen LogP contribution in [0.1, 0.15) is 22.3 Å². The third kappa shape index (κ3) is 1.63. The van der Waals surface area contributed by atoms with Gasteiger partial charge in [0.2, 0.25) is 0 Å². The van der Waals surface area contributed by atoms with Crippen LogP contribution in [-0.4, -0.2) is 0 Å². The van der Waals surface area contributed by atoms with Crippen molar-refractivity contribution in [1.29, 1.82) is 0 Å². The van der Waals surface area contributed by atoms with E-state index >= 15 is 0 Å². The average Bonchev–Trinajstić information content (AvgIpc) is 2.03. The lowest BCUT2D eigenvalue weighted by atomic mass is 10.0. The number of hydrogen-bond acceptors (Lipinski definition) is 0. The van der Waals surface area contributed by atoms with E-state index in [1.807, 2.05) is 0 Å². The predicted octanol–water partition coefficient (Wildman–Crippen LogP) is 3.24. The first kappa shape index (κ1) is 9.17. The highest BCUT2D eigenvalue weighted by atomic mass is 19.1. The van der Waals surface area contributed by atoms with Crippen LogP contribution < -0.4 is 0 Å². The molecule has 0 nitrogen and oxygen atoms in total. The Balaban J connectivity index is 3.18. The third-order valence-corrected chi connectivity index (χ3v) is 2.04. The molecule has 1 rings (SSSR count). The Bertz CT molecular complexity index is 256. The smallest absolute Gasteiger partial charge is 0.115 e. The minimum Gasteiger partial charge on any atom is -0.246 e. The molecule has 0 saturated carbocycles. The first-order chi connectivity index (χ1) is 5.69. The molecule has 0 N–H and O–H groups in total. The normalized spacial score (nSPS) is 10.3. The Morgan fingerprint density at radius 2 is 1.50 bits per heavy atom. The molecule has 0 heterocycles. The molecule has 0 aliphatic carbocycles. The number of benzene rings is 1. The summed E-state index contributed by atoms with van der Waals surface area (Å²) in [4.78, 5) is 0. The second-order valence-corrected chi connectivity index (χ2v) is 2.98. The molecule has 12 heavy (non-hydrogen) atoms. The average molecular weight is 170 g/mol. The summed E-state index contributed by atoms with van der Waals surface area (Å²) in [5.74, 6) is 0. The molecule has 1 aromatic rings. The van der Waals surface area contributed by atoms with E-state index in [2.05, 4.69) is 0 Å². The maximum absolute atomic E-state index is 12.4. The van der Waals surface area contributed by atoms with Crippen molar-refractivity contribution in [3.63, 3.8) is 0 Å². The molecule has 0 unspecified atom stereocenters. The van der Waals surface area contributed by atoms with Crippen LogP contribution in [0.2, 0.25) is 0 Å². The molecular weight excluding hydrogens is 158 g/mol. The van der Waals surface area contributed by atoms with E-state index in [0.29, 0.717) is 11.1 Å². The summed E-state index contributed by atoms with van der Waals surface area (Å²) in [6.07, 6.45) is 0. The number of alkyl halides is 2. The molecule has 0 radical (unpaired) electrons. The zero-order valence-corrected chi connectivity index (χ0v) is 7.32. The van der Waals surface area contributed by atoms with Crippen LogP contribution in [0.3, 0.4) is 0 Å². The van der Waals surface area contributed by atoms with E-state index in [0.717, 1.165) is 11.1 Å². The van der Waals surface area contributed by atoms with Crippen molar-refractivity contribution in [2.45, 2.75) is 27.2 Å². The van der Waals surface area contributed by atoms with E-state index in [9.17, 15) is 8.78 Å². The Hall–Kier alpha value is -0.920. The molecule has 0 aromatic heterocycles. The molecule has 0 atom stereocenters. The predicted molar refractivity (Wildman–Crippen MR) is 45.5 cm³/mol. The fourth-order valence-corrected chi connectivity index (χ4v) is 1.37. The second kappa shape index (κ2) is 3.65. The van der Waals surface area contributed by atoms with Crippen LogP contribution in [0.5, 0.6) is 0 Å². The zero-order valence-electron chi connectivity index (χ0n) is 7.32. The molecule has 66 valence electrons. The zero-order chi connectivity index (χ0) is 9.14. The van der Waals surface area contributed by atoms with Gasteiger partial charge in [0.1, 0.15) is 13.3 Å². The van der Waals surface area contributed by atoms with E-state index < -0.39 is 13.3 Å². The lowest BCUT2D eigenvalue weighted by molar-refractivity contribution is 0.476. The van der Waals surface area contributed by atoms with Gasteiger partial charge in [0.25, 0.3) is 0 Å². The van der Waals surface area contributed by atoms with Gasteiger partial charge >= 0.3 is 0 Å². The number of halogens is 2. The number of hydrogen-bond donors (Lipinski definition) is 0. The summed E-state index contributed by atoms with van der Waals surface area (Å²) in [5, 5.41) is 0.